The lowest BCUT2D eigenvalue weighted by Crippen LogP contribution is -2.44. The number of carbonyl (C=O) groups excluding carboxylic acids is 1. The highest BCUT2D eigenvalue weighted by Gasteiger charge is 2.33. The smallest absolute Gasteiger partial charge is 0.266 e. The Morgan fingerprint density at radius 1 is 1.38 bits per heavy atom. The number of hydrogen-bond acceptors (Lipinski definition) is 4. The van der Waals surface area contributed by atoms with Crippen LogP contribution in [0, 0.1) is 5.92 Å². The number of halogens is 1. The van der Waals surface area contributed by atoms with Crippen molar-refractivity contribution < 1.29 is 9.53 Å². The summed E-state index contributed by atoms with van der Waals surface area (Å²) in [5.41, 5.74) is 0.0391. The molecule has 1 aromatic heterocycles. The maximum Gasteiger partial charge on any atom is 0.266 e. The van der Waals surface area contributed by atoms with Crippen molar-refractivity contribution in [1.29, 1.82) is 0 Å². The predicted octanol–water partition coefficient (Wildman–Crippen LogP) is 0.431. The molecule has 2 fully saturated rings. The molecule has 0 aliphatic carbocycles. The molecule has 21 heavy (non-hydrogen) atoms. The van der Waals surface area contributed by atoms with Crippen molar-refractivity contribution in [2.24, 2.45) is 5.92 Å². The zero-order chi connectivity index (χ0) is 15.0. The number of ether oxygens (including phenoxy) is 1. The van der Waals surface area contributed by atoms with Gasteiger partial charge in [0, 0.05) is 31.7 Å². The Kier molecular flexibility index (Phi) is 4.01. The quantitative estimate of drug-likeness (QED) is 0.817. The Bertz CT molecular complexity index is 603. The Hall–Kier alpha value is -1.37. The number of nitrogens with one attached hydrogen (secondary N) is 1. The number of nitrogens with zero attached hydrogens (tertiary/aromatic N) is 2. The fourth-order valence-corrected chi connectivity index (χ4v) is 3.15. The van der Waals surface area contributed by atoms with Crippen molar-refractivity contribution in [3.63, 3.8) is 0 Å². The minimum absolute atomic E-state index is 0.0383. The Balaban J connectivity index is 1.84. The molecule has 0 saturated carbocycles. The van der Waals surface area contributed by atoms with Crippen LogP contribution in [0.4, 0.5) is 0 Å². The summed E-state index contributed by atoms with van der Waals surface area (Å²) in [5, 5.41) is 0.0383. The van der Waals surface area contributed by atoms with Gasteiger partial charge in [0.2, 0.25) is 0 Å². The lowest BCUT2D eigenvalue weighted by atomic mass is 10.1. The van der Waals surface area contributed by atoms with E-state index in [1.165, 1.54) is 12.3 Å². The normalized spacial score (nSPS) is 26.5. The number of carbonyl (C=O) groups is 1. The van der Waals surface area contributed by atoms with Crippen molar-refractivity contribution >= 4 is 17.5 Å². The van der Waals surface area contributed by atoms with Gasteiger partial charge in [-0.1, -0.05) is 11.6 Å². The van der Waals surface area contributed by atoms with Crippen molar-refractivity contribution in [3.8, 4) is 0 Å². The number of H-pyrrole nitrogens is 1. The molecule has 114 valence electrons. The average molecular weight is 312 g/mol. The van der Waals surface area contributed by atoms with Gasteiger partial charge in [-0.3, -0.25) is 14.5 Å². The van der Waals surface area contributed by atoms with Crippen LogP contribution >= 0.6 is 11.6 Å². The molecule has 0 unspecified atom stereocenters. The van der Waals surface area contributed by atoms with Crippen LogP contribution in [-0.4, -0.2) is 66.6 Å². The molecule has 0 aromatic carbocycles. The topological polar surface area (TPSA) is 65.6 Å². The van der Waals surface area contributed by atoms with Gasteiger partial charge in [0.1, 0.15) is 5.02 Å². The van der Waals surface area contributed by atoms with E-state index in [1.54, 1.807) is 0 Å². The van der Waals surface area contributed by atoms with Gasteiger partial charge in [0.15, 0.2) is 0 Å². The van der Waals surface area contributed by atoms with Gasteiger partial charge in [0.05, 0.1) is 24.8 Å². The summed E-state index contributed by atoms with van der Waals surface area (Å²) in [5.74, 6) is 0.213. The largest absolute Gasteiger partial charge is 0.379 e. The maximum atomic E-state index is 12.6. The van der Waals surface area contributed by atoms with E-state index in [0.29, 0.717) is 37.8 Å². The fraction of sp³-hybridized carbons (Fsp3) is 0.571. The third-order valence-corrected chi connectivity index (χ3v) is 4.42. The van der Waals surface area contributed by atoms with E-state index in [-0.39, 0.29) is 22.5 Å². The number of fused-ring (bicyclic) bond motifs is 3. The molecule has 1 amide bonds. The predicted molar refractivity (Wildman–Crippen MR) is 78.7 cm³/mol. The second-order valence-corrected chi connectivity index (χ2v) is 6.18. The molecule has 1 aromatic rings. The molecule has 3 heterocycles. The summed E-state index contributed by atoms with van der Waals surface area (Å²) in [6, 6.07) is 1.64. The van der Waals surface area contributed by atoms with Crippen LogP contribution in [-0.2, 0) is 4.74 Å². The molecule has 2 saturated heterocycles. The number of pyridine rings is 1. The van der Waals surface area contributed by atoms with Crippen LogP contribution in [0.3, 0.4) is 0 Å². The first-order valence-electron chi connectivity index (χ1n) is 7.00. The lowest BCUT2D eigenvalue weighted by Gasteiger charge is -2.29. The monoisotopic (exact) mass is 311 g/mol. The molecule has 2 aliphatic rings. The molecule has 0 radical (unpaired) electrons. The summed E-state index contributed by atoms with van der Waals surface area (Å²) in [7, 11) is 2.07. The van der Waals surface area contributed by atoms with Gasteiger partial charge in [0.25, 0.3) is 11.5 Å². The fourth-order valence-electron chi connectivity index (χ4n) is 2.98. The summed E-state index contributed by atoms with van der Waals surface area (Å²) < 4.78 is 5.65. The molecule has 1 N–H and O–H groups in total. The van der Waals surface area contributed by atoms with Gasteiger partial charge in [-0.15, -0.1) is 0 Å². The summed E-state index contributed by atoms with van der Waals surface area (Å²) in [6.45, 7) is 3.54. The number of hydrogen-bond donors (Lipinski definition) is 1. The molecule has 3 rings (SSSR count). The minimum atomic E-state index is -0.380. The summed E-state index contributed by atoms with van der Waals surface area (Å²) >= 11 is 5.81. The number of rotatable bonds is 1. The van der Waals surface area contributed by atoms with Gasteiger partial charge in [-0.05, 0) is 13.1 Å². The highest BCUT2D eigenvalue weighted by atomic mass is 35.5. The molecule has 0 spiro atoms. The average Bonchev–Trinajstić information content (AvgIpc) is 2.69. The van der Waals surface area contributed by atoms with Crippen molar-refractivity contribution in [2.75, 3.05) is 39.9 Å². The first kappa shape index (κ1) is 14.6. The zero-order valence-corrected chi connectivity index (χ0v) is 12.6. The molecular formula is C14H18ClN3O3. The van der Waals surface area contributed by atoms with E-state index in [0.717, 1.165) is 6.54 Å². The Morgan fingerprint density at radius 2 is 2.19 bits per heavy atom. The molecule has 2 atom stereocenters. The third-order valence-electron chi connectivity index (χ3n) is 4.14. The molecule has 7 heteroatoms. The first-order chi connectivity index (χ1) is 10.0. The molecular weight excluding hydrogens is 294 g/mol. The van der Waals surface area contributed by atoms with E-state index in [4.69, 9.17) is 16.3 Å². The maximum absolute atomic E-state index is 12.6. The standard InChI is InChI=1S/C14H18ClN3O3/c1-17-4-9-5-18(6-11(17)8-21-7-9)14(20)10-2-12(15)13(19)16-3-10/h2-3,9,11H,4-8H2,1H3,(H,16,19)/t9-,11+/m1/s1. The van der Waals surface area contributed by atoms with Crippen molar-refractivity contribution in [1.82, 2.24) is 14.8 Å². The van der Waals surface area contributed by atoms with Crippen LogP contribution < -0.4 is 5.56 Å². The van der Waals surface area contributed by atoms with Crippen molar-refractivity contribution in [2.45, 2.75) is 6.04 Å². The van der Waals surface area contributed by atoms with E-state index in [9.17, 15) is 9.59 Å². The summed E-state index contributed by atoms with van der Waals surface area (Å²) in [6.07, 6.45) is 1.43. The van der Waals surface area contributed by atoms with E-state index < -0.39 is 0 Å². The van der Waals surface area contributed by atoms with Crippen molar-refractivity contribution in [3.05, 3.63) is 33.2 Å². The van der Waals surface area contributed by atoms with E-state index >= 15 is 0 Å². The van der Waals surface area contributed by atoms with Gasteiger partial charge < -0.3 is 14.6 Å². The molecule has 6 nitrogen and oxygen atoms in total. The van der Waals surface area contributed by atoms with Gasteiger partial charge in [-0.2, -0.15) is 0 Å². The van der Waals surface area contributed by atoms with Crippen LogP contribution in [0.15, 0.2) is 17.1 Å². The van der Waals surface area contributed by atoms with E-state index in [1.807, 2.05) is 4.90 Å². The minimum Gasteiger partial charge on any atom is -0.379 e. The number of aromatic nitrogens is 1. The Labute approximate surface area is 127 Å². The van der Waals surface area contributed by atoms with Crippen LogP contribution in [0.1, 0.15) is 10.4 Å². The lowest BCUT2D eigenvalue weighted by molar-refractivity contribution is 0.0433. The van der Waals surface area contributed by atoms with Crippen LogP contribution in [0.25, 0.3) is 0 Å². The van der Waals surface area contributed by atoms with E-state index in [2.05, 4.69) is 16.9 Å². The highest BCUT2D eigenvalue weighted by molar-refractivity contribution is 6.30. The van der Waals surface area contributed by atoms with Gasteiger partial charge >= 0.3 is 0 Å². The van der Waals surface area contributed by atoms with Crippen LogP contribution in [0.2, 0.25) is 5.02 Å². The molecule has 2 bridgehead atoms. The van der Waals surface area contributed by atoms with Crippen LogP contribution in [0.5, 0.6) is 0 Å². The highest BCUT2D eigenvalue weighted by Crippen LogP contribution is 2.20. The van der Waals surface area contributed by atoms with Gasteiger partial charge in [-0.25, -0.2) is 0 Å². The molecule has 2 aliphatic heterocycles. The third kappa shape index (κ3) is 2.97. The second-order valence-electron chi connectivity index (χ2n) is 5.77. The number of likely N-dealkylation sites (N-methyl/N-ethyl adjacent to an activating group) is 1. The zero-order valence-electron chi connectivity index (χ0n) is 11.8. The first-order valence-corrected chi connectivity index (χ1v) is 7.38. The second kappa shape index (κ2) is 5.79. The SMILES string of the molecule is CN1C[C@H]2COC[C@@H]1CN(C(=O)c1c[nH]c(=O)c(Cl)c1)C2. The summed E-state index contributed by atoms with van der Waals surface area (Å²) in [4.78, 5) is 30.5. The Morgan fingerprint density at radius 3 is 2.95 bits per heavy atom. The number of aromatic amines is 1. The number of amides is 1.